The molecule has 0 spiro atoms. The smallest absolute Gasteiger partial charge is 0.220 e. The van der Waals surface area contributed by atoms with Crippen LogP contribution in [0.4, 0.5) is 0 Å². The average Bonchev–Trinajstić information content (AvgIpc) is 2.85. The summed E-state index contributed by atoms with van der Waals surface area (Å²) in [6.45, 7) is 7.34. The molecule has 4 nitrogen and oxygen atoms in total. The third kappa shape index (κ3) is 6.97. The van der Waals surface area contributed by atoms with Gasteiger partial charge in [0.2, 0.25) is 5.91 Å². The van der Waals surface area contributed by atoms with Crippen LogP contribution >= 0.6 is 0 Å². The minimum atomic E-state index is 0.195. The Bertz CT molecular complexity index is 227. The molecule has 0 radical (unpaired) electrons. The molecule has 0 aromatic heterocycles. The standard InChI is InChI=1S/C14H29N3O/c1-13(12-17-9-5-6-10-17)11-16-14(18)7-3-2-4-8-15/h13H,2-12,15H2,1H3,(H,16,18). The average molecular weight is 255 g/mol. The molecule has 106 valence electrons. The van der Waals surface area contributed by atoms with Gasteiger partial charge in [-0.1, -0.05) is 13.3 Å². The van der Waals surface area contributed by atoms with Crippen LogP contribution in [0.3, 0.4) is 0 Å². The van der Waals surface area contributed by atoms with E-state index in [2.05, 4.69) is 17.1 Å². The molecule has 1 unspecified atom stereocenters. The van der Waals surface area contributed by atoms with E-state index in [4.69, 9.17) is 5.73 Å². The highest BCUT2D eigenvalue weighted by Crippen LogP contribution is 2.09. The van der Waals surface area contributed by atoms with Gasteiger partial charge in [0.25, 0.3) is 0 Å². The Hall–Kier alpha value is -0.610. The molecule has 0 aromatic rings. The second-order valence-electron chi connectivity index (χ2n) is 5.52. The van der Waals surface area contributed by atoms with Gasteiger partial charge in [0.1, 0.15) is 0 Å². The molecule has 4 heteroatoms. The molecule has 0 aliphatic carbocycles. The van der Waals surface area contributed by atoms with Crippen LogP contribution in [0.2, 0.25) is 0 Å². The summed E-state index contributed by atoms with van der Waals surface area (Å²) >= 11 is 0. The Morgan fingerprint density at radius 2 is 2.00 bits per heavy atom. The quantitative estimate of drug-likeness (QED) is 0.612. The monoisotopic (exact) mass is 255 g/mol. The number of carbonyl (C=O) groups excluding carboxylic acids is 1. The van der Waals surface area contributed by atoms with Gasteiger partial charge < -0.3 is 16.0 Å². The Labute approximate surface area is 111 Å². The van der Waals surface area contributed by atoms with Gasteiger partial charge in [0, 0.05) is 19.5 Å². The normalized spacial score (nSPS) is 17.9. The van der Waals surface area contributed by atoms with Crippen LogP contribution in [-0.2, 0) is 4.79 Å². The van der Waals surface area contributed by atoms with Crippen molar-refractivity contribution in [3.8, 4) is 0 Å². The second kappa shape index (κ2) is 9.34. The van der Waals surface area contributed by atoms with Crippen LogP contribution in [0.1, 0.15) is 45.4 Å². The largest absolute Gasteiger partial charge is 0.356 e. The minimum Gasteiger partial charge on any atom is -0.356 e. The van der Waals surface area contributed by atoms with Crippen molar-refractivity contribution in [3.05, 3.63) is 0 Å². The first-order valence-corrected chi connectivity index (χ1v) is 7.41. The summed E-state index contributed by atoms with van der Waals surface area (Å²) in [6.07, 6.45) is 6.37. The Morgan fingerprint density at radius 1 is 1.28 bits per heavy atom. The summed E-state index contributed by atoms with van der Waals surface area (Å²) in [6, 6.07) is 0. The Morgan fingerprint density at radius 3 is 2.67 bits per heavy atom. The lowest BCUT2D eigenvalue weighted by Crippen LogP contribution is -2.34. The van der Waals surface area contributed by atoms with Crippen molar-refractivity contribution in [1.82, 2.24) is 10.2 Å². The first-order valence-electron chi connectivity index (χ1n) is 7.41. The summed E-state index contributed by atoms with van der Waals surface area (Å²) in [5, 5.41) is 3.04. The maximum absolute atomic E-state index is 11.6. The highest BCUT2D eigenvalue weighted by Gasteiger charge is 2.14. The number of nitrogens with zero attached hydrogens (tertiary/aromatic N) is 1. The molecular formula is C14H29N3O. The van der Waals surface area contributed by atoms with E-state index in [1.54, 1.807) is 0 Å². The zero-order chi connectivity index (χ0) is 13.2. The van der Waals surface area contributed by atoms with Crippen molar-refractivity contribution in [1.29, 1.82) is 0 Å². The van der Waals surface area contributed by atoms with Gasteiger partial charge in [-0.05, 0) is 51.2 Å². The molecule has 0 bridgehead atoms. The summed E-state index contributed by atoms with van der Waals surface area (Å²) in [5.41, 5.74) is 5.42. The van der Waals surface area contributed by atoms with E-state index >= 15 is 0 Å². The third-order valence-corrected chi connectivity index (χ3v) is 3.52. The predicted molar refractivity (Wildman–Crippen MR) is 75.4 cm³/mol. The number of nitrogens with one attached hydrogen (secondary N) is 1. The van der Waals surface area contributed by atoms with Gasteiger partial charge in [-0.15, -0.1) is 0 Å². The molecule has 1 atom stereocenters. The van der Waals surface area contributed by atoms with Crippen LogP contribution in [0.5, 0.6) is 0 Å². The van der Waals surface area contributed by atoms with Crippen molar-refractivity contribution < 1.29 is 4.79 Å². The fraction of sp³-hybridized carbons (Fsp3) is 0.929. The van der Waals surface area contributed by atoms with Crippen LogP contribution in [0, 0.1) is 5.92 Å². The Kier molecular flexibility index (Phi) is 8.01. The maximum Gasteiger partial charge on any atom is 0.220 e. The molecule has 18 heavy (non-hydrogen) atoms. The molecule has 1 fully saturated rings. The van der Waals surface area contributed by atoms with Crippen LogP contribution < -0.4 is 11.1 Å². The van der Waals surface area contributed by atoms with E-state index in [0.717, 1.165) is 38.9 Å². The van der Waals surface area contributed by atoms with Gasteiger partial charge in [-0.25, -0.2) is 0 Å². The molecule has 0 saturated carbocycles. The fourth-order valence-corrected chi connectivity index (χ4v) is 2.45. The van der Waals surface area contributed by atoms with Crippen molar-refractivity contribution in [2.24, 2.45) is 11.7 Å². The van der Waals surface area contributed by atoms with Crippen molar-refractivity contribution >= 4 is 5.91 Å². The number of unbranched alkanes of at least 4 members (excludes halogenated alkanes) is 2. The van der Waals surface area contributed by atoms with Gasteiger partial charge in [-0.3, -0.25) is 4.79 Å². The second-order valence-corrected chi connectivity index (χ2v) is 5.52. The lowest BCUT2D eigenvalue weighted by atomic mass is 10.1. The van der Waals surface area contributed by atoms with E-state index in [9.17, 15) is 4.79 Å². The number of amides is 1. The lowest BCUT2D eigenvalue weighted by molar-refractivity contribution is -0.121. The van der Waals surface area contributed by atoms with Crippen LogP contribution in [-0.4, -0.2) is 43.5 Å². The van der Waals surface area contributed by atoms with E-state index < -0.39 is 0 Å². The number of likely N-dealkylation sites (tertiary alicyclic amines) is 1. The summed E-state index contributed by atoms with van der Waals surface area (Å²) in [5.74, 6) is 0.747. The molecular weight excluding hydrogens is 226 g/mol. The number of hydrogen-bond donors (Lipinski definition) is 2. The SMILES string of the molecule is CC(CNC(=O)CCCCCN)CN1CCCC1. The van der Waals surface area contributed by atoms with Gasteiger partial charge >= 0.3 is 0 Å². The lowest BCUT2D eigenvalue weighted by Gasteiger charge is -2.20. The van der Waals surface area contributed by atoms with Crippen molar-refractivity contribution in [2.75, 3.05) is 32.7 Å². The minimum absolute atomic E-state index is 0.195. The zero-order valence-corrected chi connectivity index (χ0v) is 11.8. The van der Waals surface area contributed by atoms with Crippen molar-refractivity contribution in [3.63, 3.8) is 0 Å². The fourth-order valence-electron chi connectivity index (χ4n) is 2.45. The van der Waals surface area contributed by atoms with Gasteiger partial charge in [0.15, 0.2) is 0 Å². The van der Waals surface area contributed by atoms with E-state index in [1.165, 1.54) is 25.9 Å². The Balaban J connectivity index is 1.98. The molecule has 1 amide bonds. The van der Waals surface area contributed by atoms with E-state index in [1.807, 2.05) is 0 Å². The van der Waals surface area contributed by atoms with Crippen LogP contribution in [0.15, 0.2) is 0 Å². The number of rotatable bonds is 9. The van der Waals surface area contributed by atoms with Gasteiger partial charge in [-0.2, -0.15) is 0 Å². The zero-order valence-electron chi connectivity index (χ0n) is 11.8. The molecule has 1 rings (SSSR count). The van der Waals surface area contributed by atoms with Crippen molar-refractivity contribution in [2.45, 2.75) is 45.4 Å². The number of carbonyl (C=O) groups is 1. The molecule has 3 N–H and O–H groups in total. The van der Waals surface area contributed by atoms with Gasteiger partial charge in [0.05, 0.1) is 0 Å². The number of hydrogen-bond acceptors (Lipinski definition) is 3. The molecule has 1 heterocycles. The molecule has 0 aromatic carbocycles. The topological polar surface area (TPSA) is 58.4 Å². The summed E-state index contributed by atoms with van der Waals surface area (Å²) in [4.78, 5) is 14.1. The van der Waals surface area contributed by atoms with E-state index in [-0.39, 0.29) is 5.91 Å². The summed E-state index contributed by atoms with van der Waals surface area (Å²) in [7, 11) is 0. The predicted octanol–water partition coefficient (Wildman–Crippen LogP) is 1.35. The van der Waals surface area contributed by atoms with E-state index in [0.29, 0.717) is 12.3 Å². The molecule has 1 aliphatic rings. The van der Waals surface area contributed by atoms with Crippen LogP contribution in [0.25, 0.3) is 0 Å². The third-order valence-electron chi connectivity index (χ3n) is 3.52. The maximum atomic E-state index is 11.6. The first-order chi connectivity index (χ1) is 8.72. The number of nitrogens with two attached hydrogens (primary N) is 1. The highest BCUT2D eigenvalue weighted by atomic mass is 16.1. The summed E-state index contributed by atoms with van der Waals surface area (Å²) < 4.78 is 0. The first kappa shape index (κ1) is 15.4. The molecule has 1 aliphatic heterocycles. The molecule has 1 saturated heterocycles. The highest BCUT2D eigenvalue weighted by molar-refractivity contribution is 5.75.